The van der Waals surface area contributed by atoms with E-state index in [1.54, 1.807) is 24.3 Å². The van der Waals surface area contributed by atoms with Crippen LogP contribution in [0.15, 0.2) is 24.3 Å². The van der Waals surface area contributed by atoms with E-state index in [-0.39, 0.29) is 42.2 Å². The lowest BCUT2D eigenvalue weighted by Crippen LogP contribution is -2.40. The van der Waals surface area contributed by atoms with Gasteiger partial charge in [0.25, 0.3) is 5.91 Å². The topological polar surface area (TPSA) is 84.2 Å². The van der Waals surface area contributed by atoms with Crippen LogP contribution in [0.25, 0.3) is 0 Å². The maximum atomic E-state index is 12.3. The molecule has 5 nitrogen and oxygen atoms in total. The summed E-state index contributed by atoms with van der Waals surface area (Å²) in [5, 5.41) is 5.97. The van der Waals surface area contributed by atoms with E-state index in [0.29, 0.717) is 11.5 Å². The maximum absolute atomic E-state index is 12.3. The number of halogens is 1. The van der Waals surface area contributed by atoms with Gasteiger partial charge in [0.1, 0.15) is 0 Å². The van der Waals surface area contributed by atoms with E-state index in [1.807, 2.05) is 0 Å². The summed E-state index contributed by atoms with van der Waals surface area (Å²) in [6.45, 7) is 2.08. The third-order valence-electron chi connectivity index (χ3n) is 4.97. The van der Waals surface area contributed by atoms with Crippen molar-refractivity contribution in [2.45, 2.75) is 51.1 Å². The maximum Gasteiger partial charge on any atom is 0.251 e. The van der Waals surface area contributed by atoms with Crippen LogP contribution in [-0.2, 0) is 4.79 Å². The van der Waals surface area contributed by atoms with E-state index in [9.17, 15) is 9.59 Å². The highest BCUT2D eigenvalue weighted by Crippen LogP contribution is 2.38. The summed E-state index contributed by atoms with van der Waals surface area (Å²) in [5.41, 5.74) is 7.25. The van der Waals surface area contributed by atoms with Gasteiger partial charge in [-0.1, -0.05) is 6.92 Å². The SMILES string of the molecule is CC1CC1C(=O)Nc1ccc(C(=O)NC2CCC(N)CC2)cc1.Cl. The molecule has 2 saturated carbocycles. The van der Waals surface area contributed by atoms with E-state index in [2.05, 4.69) is 17.6 Å². The van der Waals surface area contributed by atoms with E-state index >= 15 is 0 Å². The molecule has 0 radical (unpaired) electrons. The predicted molar refractivity (Wildman–Crippen MR) is 97.3 cm³/mol. The first-order valence-electron chi connectivity index (χ1n) is 8.50. The van der Waals surface area contributed by atoms with Crippen LogP contribution in [0, 0.1) is 11.8 Å². The number of amides is 2. The fraction of sp³-hybridized carbons (Fsp3) is 0.556. The van der Waals surface area contributed by atoms with Crippen LogP contribution >= 0.6 is 12.4 Å². The largest absolute Gasteiger partial charge is 0.349 e. The van der Waals surface area contributed by atoms with Gasteiger partial charge in [0.15, 0.2) is 0 Å². The quantitative estimate of drug-likeness (QED) is 0.779. The van der Waals surface area contributed by atoms with Gasteiger partial charge in [-0.3, -0.25) is 9.59 Å². The average molecular weight is 352 g/mol. The Morgan fingerprint density at radius 3 is 2.21 bits per heavy atom. The molecule has 132 valence electrons. The number of nitrogens with one attached hydrogen (secondary N) is 2. The first-order chi connectivity index (χ1) is 11.0. The third kappa shape index (κ3) is 4.71. The van der Waals surface area contributed by atoms with E-state index in [0.717, 1.165) is 37.8 Å². The Bertz CT molecular complexity index is 582. The molecule has 3 rings (SSSR count). The minimum absolute atomic E-state index is 0. The Morgan fingerprint density at radius 1 is 1.08 bits per heavy atom. The summed E-state index contributed by atoms with van der Waals surface area (Å²) in [6, 6.07) is 7.59. The molecule has 0 heterocycles. The average Bonchev–Trinajstić information content (AvgIpc) is 3.27. The Labute approximate surface area is 149 Å². The van der Waals surface area contributed by atoms with Gasteiger partial charge in [-0.15, -0.1) is 12.4 Å². The number of anilines is 1. The molecule has 2 aliphatic carbocycles. The van der Waals surface area contributed by atoms with Crippen LogP contribution in [0.3, 0.4) is 0 Å². The van der Waals surface area contributed by atoms with Crippen LogP contribution in [0.4, 0.5) is 5.69 Å². The molecule has 0 aliphatic heterocycles. The molecule has 24 heavy (non-hydrogen) atoms. The van der Waals surface area contributed by atoms with E-state index in [4.69, 9.17) is 5.73 Å². The van der Waals surface area contributed by atoms with Gasteiger partial charge in [0.05, 0.1) is 0 Å². The second kappa shape index (κ2) is 7.99. The molecule has 2 fully saturated rings. The van der Waals surface area contributed by atoms with Crippen LogP contribution < -0.4 is 16.4 Å². The van der Waals surface area contributed by atoms with Gasteiger partial charge in [-0.05, 0) is 62.3 Å². The Hall–Kier alpha value is -1.59. The number of rotatable bonds is 4. The highest BCUT2D eigenvalue weighted by atomic mass is 35.5. The Balaban J connectivity index is 0.00000208. The molecule has 0 spiro atoms. The monoisotopic (exact) mass is 351 g/mol. The molecular weight excluding hydrogens is 326 g/mol. The number of carbonyl (C=O) groups excluding carboxylic acids is 2. The smallest absolute Gasteiger partial charge is 0.251 e. The molecule has 0 aromatic heterocycles. The molecule has 1 aromatic carbocycles. The second-order valence-electron chi connectivity index (χ2n) is 6.97. The van der Waals surface area contributed by atoms with Gasteiger partial charge in [-0.2, -0.15) is 0 Å². The van der Waals surface area contributed by atoms with Crippen LogP contribution in [0.2, 0.25) is 0 Å². The zero-order chi connectivity index (χ0) is 16.4. The Kier molecular flexibility index (Phi) is 6.24. The number of hydrogen-bond acceptors (Lipinski definition) is 3. The van der Waals surface area contributed by atoms with E-state index in [1.165, 1.54) is 0 Å². The molecule has 2 atom stereocenters. The summed E-state index contributed by atoms with van der Waals surface area (Å²) >= 11 is 0. The number of benzene rings is 1. The molecule has 6 heteroatoms. The summed E-state index contributed by atoms with van der Waals surface area (Å²) in [4.78, 5) is 24.2. The van der Waals surface area contributed by atoms with Gasteiger partial charge in [-0.25, -0.2) is 0 Å². The molecule has 2 amide bonds. The van der Waals surface area contributed by atoms with Crippen molar-refractivity contribution in [2.24, 2.45) is 17.6 Å². The molecule has 2 aliphatic rings. The molecule has 4 N–H and O–H groups in total. The highest BCUT2D eigenvalue weighted by molar-refractivity contribution is 5.97. The van der Waals surface area contributed by atoms with Crippen LogP contribution in [0.1, 0.15) is 49.4 Å². The van der Waals surface area contributed by atoms with Crippen molar-refractivity contribution >= 4 is 29.9 Å². The van der Waals surface area contributed by atoms with Crippen molar-refractivity contribution in [3.8, 4) is 0 Å². The minimum atomic E-state index is -0.0563. The van der Waals surface area contributed by atoms with Crippen molar-refractivity contribution in [2.75, 3.05) is 5.32 Å². The van der Waals surface area contributed by atoms with Gasteiger partial charge in [0.2, 0.25) is 5.91 Å². The lowest BCUT2D eigenvalue weighted by atomic mass is 9.91. The summed E-state index contributed by atoms with van der Waals surface area (Å²) in [7, 11) is 0. The number of carbonyl (C=O) groups is 2. The first kappa shape index (κ1) is 18.7. The molecule has 2 unspecified atom stereocenters. The van der Waals surface area contributed by atoms with Crippen LogP contribution in [0.5, 0.6) is 0 Å². The standard InChI is InChI=1S/C18H25N3O2.ClH/c1-11-10-16(11)18(23)21-14-6-2-12(3-7-14)17(22)20-15-8-4-13(19)5-9-15;/h2-3,6-7,11,13,15-16H,4-5,8-10,19H2,1H3,(H,20,22)(H,21,23);1H. The third-order valence-corrected chi connectivity index (χ3v) is 4.97. The molecule has 0 saturated heterocycles. The zero-order valence-corrected chi connectivity index (χ0v) is 14.8. The van der Waals surface area contributed by atoms with Crippen molar-refractivity contribution < 1.29 is 9.59 Å². The van der Waals surface area contributed by atoms with Crippen molar-refractivity contribution in [3.63, 3.8) is 0 Å². The Morgan fingerprint density at radius 2 is 1.67 bits per heavy atom. The zero-order valence-electron chi connectivity index (χ0n) is 14.0. The summed E-state index contributed by atoms with van der Waals surface area (Å²) in [6.07, 6.45) is 4.80. The first-order valence-corrected chi connectivity index (χ1v) is 8.50. The summed E-state index contributed by atoms with van der Waals surface area (Å²) in [5.74, 6) is 0.659. The van der Waals surface area contributed by atoms with Gasteiger partial charge in [0, 0.05) is 29.3 Å². The number of hydrogen-bond donors (Lipinski definition) is 3. The summed E-state index contributed by atoms with van der Waals surface area (Å²) < 4.78 is 0. The fourth-order valence-electron chi connectivity index (χ4n) is 3.16. The van der Waals surface area contributed by atoms with Crippen molar-refractivity contribution in [3.05, 3.63) is 29.8 Å². The van der Waals surface area contributed by atoms with Crippen LogP contribution in [-0.4, -0.2) is 23.9 Å². The van der Waals surface area contributed by atoms with Crippen molar-refractivity contribution in [1.82, 2.24) is 5.32 Å². The lowest BCUT2D eigenvalue weighted by Gasteiger charge is -2.26. The number of nitrogens with two attached hydrogens (primary N) is 1. The molecule has 0 bridgehead atoms. The lowest BCUT2D eigenvalue weighted by molar-refractivity contribution is -0.117. The van der Waals surface area contributed by atoms with Gasteiger partial charge < -0.3 is 16.4 Å². The van der Waals surface area contributed by atoms with Crippen molar-refractivity contribution in [1.29, 1.82) is 0 Å². The minimum Gasteiger partial charge on any atom is -0.349 e. The second-order valence-corrected chi connectivity index (χ2v) is 6.97. The van der Waals surface area contributed by atoms with Gasteiger partial charge >= 0.3 is 0 Å². The highest BCUT2D eigenvalue weighted by Gasteiger charge is 2.39. The van der Waals surface area contributed by atoms with E-state index < -0.39 is 0 Å². The predicted octanol–water partition coefficient (Wildman–Crippen LogP) is 2.70. The fourth-order valence-corrected chi connectivity index (χ4v) is 3.16. The molecule has 1 aromatic rings. The molecular formula is C18H26ClN3O2. The normalized spacial score (nSPS) is 28.4.